The smallest absolute Gasteiger partial charge is 0.341 e. The topological polar surface area (TPSA) is 79.2 Å². The second kappa shape index (κ2) is 9.83. The number of benzene rings is 2. The van der Waals surface area contributed by atoms with Crippen molar-refractivity contribution in [2.24, 2.45) is 4.99 Å². The Morgan fingerprint density at radius 2 is 1.90 bits per heavy atom. The van der Waals surface area contributed by atoms with Crippen LogP contribution in [0.25, 0.3) is 6.08 Å². The van der Waals surface area contributed by atoms with Gasteiger partial charge >= 0.3 is 5.97 Å². The summed E-state index contributed by atoms with van der Waals surface area (Å²) in [7, 11) is 0. The van der Waals surface area contributed by atoms with Crippen molar-refractivity contribution >= 4 is 40.6 Å². The molecule has 2 aliphatic rings. The van der Waals surface area contributed by atoms with Gasteiger partial charge in [-0.05, 0) is 60.5 Å². The van der Waals surface area contributed by atoms with E-state index in [1.165, 1.54) is 18.2 Å². The van der Waals surface area contributed by atoms with Gasteiger partial charge in [-0.1, -0.05) is 49.6 Å². The molecule has 1 amide bonds. The van der Waals surface area contributed by atoms with Gasteiger partial charge in [0.05, 0.1) is 10.6 Å². The van der Waals surface area contributed by atoms with Crippen LogP contribution in [-0.4, -0.2) is 39.7 Å². The van der Waals surface area contributed by atoms with Gasteiger partial charge in [-0.15, -0.1) is 0 Å². The normalized spacial score (nSPS) is 19.9. The van der Waals surface area contributed by atoms with Crippen LogP contribution in [0.3, 0.4) is 0 Å². The van der Waals surface area contributed by atoms with Crippen LogP contribution in [0.15, 0.2) is 64.5 Å². The number of nitrogens with zero attached hydrogens (tertiary/aromatic N) is 2. The highest BCUT2D eigenvalue weighted by Crippen LogP contribution is 2.38. The molecule has 0 spiro atoms. The van der Waals surface area contributed by atoms with E-state index in [0.717, 1.165) is 36.9 Å². The van der Waals surface area contributed by atoms with Crippen LogP contribution in [0.5, 0.6) is 5.75 Å². The molecular weight excluding hydrogens is 412 g/mol. The fourth-order valence-electron chi connectivity index (χ4n) is 3.83. The molecule has 7 heteroatoms. The van der Waals surface area contributed by atoms with Gasteiger partial charge in [0.2, 0.25) is 0 Å². The summed E-state index contributed by atoms with van der Waals surface area (Å²) in [6, 6.07) is 16.9. The van der Waals surface area contributed by atoms with Crippen LogP contribution in [0, 0.1) is 0 Å². The van der Waals surface area contributed by atoms with Crippen molar-refractivity contribution < 1.29 is 19.4 Å². The first kappa shape index (κ1) is 21.2. The quantitative estimate of drug-likeness (QED) is 0.639. The first-order valence-corrected chi connectivity index (χ1v) is 11.2. The van der Waals surface area contributed by atoms with Crippen LogP contribution in [0.4, 0.5) is 5.69 Å². The summed E-state index contributed by atoms with van der Waals surface area (Å²) in [4.78, 5) is 31.4. The summed E-state index contributed by atoms with van der Waals surface area (Å²) >= 11 is 1.39. The van der Waals surface area contributed by atoms with Gasteiger partial charge < -0.3 is 9.84 Å². The van der Waals surface area contributed by atoms with E-state index in [-0.39, 0.29) is 11.9 Å². The number of rotatable bonds is 6. The van der Waals surface area contributed by atoms with E-state index in [9.17, 15) is 9.59 Å². The number of carbonyl (C=O) groups excluding carboxylic acids is 1. The third-order valence-electron chi connectivity index (χ3n) is 5.28. The molecule has 0 radical (unpaired) electrons. The van der Waals surface area contributed by atoms with Crippen molar-refractivity contribution in [2.45, 2.75) is 38.1 Å². The number of thioether (sulfide) groups is 1. The lowest BCUT2D eigenvalue weighted by Crippen LogP contribution is -2.40. The molecule has 4 rings (SSSR count). The molecule has 2 aromatic carbocycles. The molecule has 31 heavy (non-hydrogen) atoms. The molecule has 0 aromatic heterocycles. The third kappa shape index (κ3) is 5.35. The van der Waals surface area contributed by atoms with E-state index >= 15 is 0 Å². The van der Waals surface area contributed by atoms with E-state index in [2.05, 4.69) is 0 Å². The molecule has 1 saturated carbocycles. The van der Waals surface area contributed by atoms with Gasteiger partial charge in [0, 0.05) is 6.04 Å². The molecule has 0 atom stereocenters. The summed E-state index contributed by atoms with van der Waals surface area (Å²) in [6.45, 7) is -0.406. The number of carbonyl (C=O) groups is 2. The number of aliphatic imine (C=N–C) groups is 1. The van der Waals surface area contributed by atoms with Crippen LogP contribution in [-0.2, 0) is 9.59 Å². The highest BCUT2D eigenvalue weighted by atomic mass is 32.2. The Kier molecular flexibility index (Phi) is 6.72. The molecule has 6 nitrogen and oxygen atoms in total. The van der Waals surface area contributed by atoms with Crippen molar-refractivity contribution in [1.29, 1.82) is 0 Å². The van der Waals surface area contributed by atoms with E-state index in [0.29, 0.717) is 15.8 Å². The van der Waals surface area contributed by atoms with Crippen LogP contribution < -0.4 is 4.74 Å². The zero-order valence-corrected chi connectivity index (χ0v) is 17.9. The lowest BCUT2D eigenvalue weighted by molar-refractivity contribution is -0.139. The second-order valence-electron chi connectivity index (χ2n) is 7.56. The Bertz CT molecular complexity index is 1010. The number of carboxylic acids is 1. The zero-order chi connectivity index (χ0) is 21.6. The highest BCUT2D eigenvalue weighted by molar-refractivity contribution is 8.18. The number of aliphatic carboxylic acids is 1. The minimum absolute atomic E-state index is 0.0246. The van der Waals surface area contributed by atoms with Crippen LogP contribution in [0.1, 0.15) is 37.7 Å². The number of para-hydroxylation sites is 1. The monoisotopic (exact) mass is 436 g/mol. The fraction of sp³-hybridized carbons (Fsp3) is 0.292. The van der Waals surface area contributed by atoms with E-state index in [1.807, 2.05) is 47.4 Å². The number of hydrogen-bond acceptors (Lipinski definition) is 5. The van der Waals surface area contributed by atoms with Gasteiger partial charge in [0.25, 0.3) is 5.91 Å². The number of hydrogen-bond donors (Lipinski definition) is 1. The first-order valence-electron chi connectivity index (χ1n) is 10.4. The fourth-order valence-corrected chi connectivity index (χ4v) is 4.89. The maximum Gasteiger partial charge on any atom is 0.341 e. The number of ether oxygens (including phenoxy) is 1. The minimum Gasteiger partial charge on any atom is -0.482 e. The molecule has 1 heterocycles. The van der Waals surface area contributed by atoms with E-state index < -0.39 is 12.6 Å². The molecule has 1 saturated heterocycles. The van der Waals surface area contributed by atoms with Crippen LogP contribution in [0.2, 0.25) is 0 Å². The molecule has 0 unspecified atom stereocenters. The summed E-state index contributed by atoms with van der Waals surface area (Å²) < 4.78 is 5.26. The lowest BCUT2D eigenvalue weighted by atomic mass is 9.94. The molecule has 1 N–H and O–H groups in total. The maximum absolute atomic E-state index is 13.4. The van der Waals surface area contributed by atoms with Crippen molar-refractivity contribution in [2.75, 3.05) is 6.61 Å². The lowest BCUT2D eigenvalue weighted by Gasteiger charge is -2.30. The minimum atomic E-state index is -1.03. The SMILES string of the molecule is O=C(O)COc1cccc(/C=C2\SC(=Nc3ccccc3)N(C3CCCCC3)C2=O)c1. The van der Waals surface area contributed by atoms with Crippen molar-refractivity contribution in [1.82, 2.24) is 4.90 Å². The molecule has 1 aliphatic carbocycles. The largest absolute Gasteiger partial charge is 0.482 e. The van der Waals surface area contributed by atoms with Crippen LogP contribution >= 0.6 is 11.8 Å². The zero-order valence-electron chi connectivity index (χ0n) is 17.1. The van der Waals surface area contributed by atoms with Gasteiger partial charge in [0.1, 0.15) is 5.75 Å². The Balaban J connectivity index is 1.63. The Morgan fingerprint density at radius 3 is 2.65 bits per heavy atom. The van der Waals surface area contributed by atoms with Gasteiger partial charge in [-0.2, -0.15) is 0 Å². The Hall–Kier alpha value is -3.06. The van der Waals surface area contributed by atoms with E-state index in [1.54, 1.807) is 18.2 Å². The molecule has 160 valence electrons. The van der Waals surface area contributed by atoms with Crippen molar-refractivity contribution in [3.63, 3.8) is 0 Å². The van der Waals surface area contributed by atoms with Gasteiger partial charge in [0.15, 0.2) is 11.8 Å². The van der Waals surface area contributed by atoms with Gasteiger partial charge in [-0.25, -0.2) is 9.79 Å². The predicted molar refractivity (Wildman–Crippen MR) is 122 cm³/mol. The summed E-state index contributed by atoms with van der Waals surface area (Å²) in [5.74, 6) is -0.604. The Morgan fingerprint density at radius 1 is 1.13 bits per heavy atom. The summed E-state index contributed by atoms with van der Waals surface area (Å²) in [5.41, 5.74) is 1.60. The second-order valence-corrected chi connectivity index (χ2v) is 8.57. The first-order chi connectivity index (χ1) is 15.1. The molecule has 0 bridgehead atoms. The maximum atomic E-state index is 13.4. The van der Waals surface area contributed by atoms with E-state index in [4.69, 9.17) is 14.8 Å². The Labute approximate surface area is 185 Å². The van der Waals surface area contributed by atoms with Crippen molar-refractivity contribution in [3.8, 4) is 5.75 Å². The molecule has 2 aromatic rings. The number of amidine groups is 1. The highest BCUT2D eigenvalue weighted by Gasteiger charge is 2.38. The number of carboxylic acid groups (broad SMARTS) is 1. The summed E-state index contributed by atoms with van der Waals surface area (Å²) in [5, 5.41) is 9.52. The van der Waals surface area contributed by atoms with Crippen molar-refractivity contribution in [3.05, 3.63) is 65.1 Å². The standard InChI is InChI=1S/C24H24N2O4S/c27-22(28)16-30-20-13-7-8-17(14-20)15-21-23(29)26(19-11-5-2-6-12-19)24(31-21)25-18-9-3-1-4-10-18/h1,3-4,7-10,13-15,19H,2,5-6,11-12,16H2,(H,27,28)/b21-15-,25-24?. The third-order valence-corrected chi connectivity index (χ3v) is 6.26. The average Bonchev–Trinajstić information content (AvgIpc) is 3.08. The predicted octanol–water partition coefficient (Wildman–Crippen LogP) is 5.09. The molecule has 1 aliphatic heterocycles. The number of amides is 1. The average molecular weight is 437 g/mol. The molecular formula is C24H24N2O4S. The van der Waals surface area contributed by atoms with Gasteiger partial charge in [-0.3, -0.25) is 9.69 Å². The summed E-state index contributed by atoms with van der Waals surface area (Å²) in [6.07, 6.45) is 7.27. The molecule has 2 fully saturated rings.